The van der Waals surface area contributed by atoms with Gasteiger partial charge in [0.15, 0.2) is 0 Å². The fourth-order valence-corrected chi connectivity index (χ4v) is 2.09. The van der Waals surface area contributed by atoms with E-state index in [1.807, 2.05) is 6.07 Å². The van der Waals surface area contributed by atoms with E-state index in [0.717, 1.165) is 31.7 Å². The van der Waals surface area contributed by atoms with Gasteiger partial charge < -0.3 is 5.32 Å². The number of halogens is 2. The van der Waals surface area contributed by atoms with Gasteiger partial charge in [-0.2, -0.15) is 0 Å². The largest absolute Gasteiger partial charge is 0.314 e. The summed E-state index contributed by atoms with van der Waals surface area (Å²) in [5.41, 5.74) is 0.897. The Hall–Kier alpha value is -0.710. The molecule has 0 bridgehead atoms. The summed E-state index contributed by atoms with van der Waals surface area (Å²) in [6, 6.07) is 3.37. The number of nitrogens with zero attached hydrogens (tertiary/aromatic N) is 2. The molecule has 1 aromatic heterocycles. The zero-order chi connectivity index (χ0) is 11.4. The van der Waals surface area contributed by atoms with E-state index in [1.165, 1.54) is 0 Å². The second-order valence-electron chi connectivity index (χ2n) is 3.87. The maximum Gasteiger partial charge on any atom is 0.129 e. The summed E-state index contributed by atoms with van der Waals surface area (Å²) < 4.78 is 13.1. The summed E-state index contributed by atoms with van der Waals surface area (Å²) in [7, 11) is 0. The van der Waals surface area contributed by atoms with Gasteiger partial charge in [-0.15, -0.1) is 0 Å². The molecular formula is C11H15ClFN3. The summed E-state index contributed by atoms with van der Waals surface area (Å²) in [6.07, 6.45) is 1.66. The van der Waals surface area contributed by atoms with Crippen LogP contribution < -0.4 is 5.32 Å². The first kappa shape index (κ1) is 11.8. The van der Waals surface area contributed by atoms with Crippen LogP contribution in [-0.4, -0.2) is 42.7 Å². The molecule has 1 aromatic rings. The van der Waals surface area contributed by atoms with Crippen molar-refractivity contribution >= 4 is 11.6 Å². The third kappa shape index (κ3) is 2.70. The molecule has 3 nitrogen and oxygen atoms in total. The fourth-order valence-electron chi connectivity index (χ4n) is 1.98. The minimum atomic E-state index is -0.386. The Morgan fingerprint density at radius 1 is 1.44 bits per heavy atom. The lowest BCUT2D eigenvalue weighted by Crippen LogP contribution is -2.45. The van der Waals surface area contributed by atoms with Crippen LogP contribution in [0.2, 0.25) is 5.15 Å². The predicted molar refractivity (Wildman–Crippen MR) is 62.4 cm³/mol. The second-order valence-corrected chi connectivity index (χ2v) is 4.26. The lowest BCUT2D eigenvalue weighted by Gasteiger charge is -2.33. The van der Waals surface area contributed by atoms with Crippen LogP contribution in [0.25, 0.3) is 0 Å². The Balaban J connectivity index is 2.11. The molecule has 1 aliphatic heterocycles. The summed E-state index contributed by atoms with van der Waals surface area (Å²) in [5.74, 6) is 0. The quantitative estimate of drug-likeness (QED) is 0.819. The Morgan fingerprint density at radius 2 is 2.19 bits per heavy atom. The molecule has 16 heavy (non-hydrogen) atoms. The average molecular weight is 244 g/mol. The standard InChI is InChI=1S/C11H15ClFN3/c12-11-2-1-9(8-15-11)10(7-13)16-5-3-14-4-6-16/h1-2,8,10,14H,3-7H2/t10-/m0/s1. The highest BCUT2D eigenvalue weighted by molar-refractivity contribution is 6.29. The highest BCUT2D eigenvalue weighted by atomic mass is 35.5. The van der Waals surface area contributed by atoms with Crippen LogP contribution in [0.15, 0.2) is 18.3 Å². The first-order chi connectivity index (χ1) is 7.81. The van der Waals surface area contributed by atoms with E-state index in [2.05, 4.69) is 15.2 Å². The second kappa shape index (κ2) is 5.57. The molecule has 0 radical (unpaired) electrons. The highest BCUT2D eigenvalue weighted by Crippen LogP contribution is 2.21. The fraction of sp³-hybridized carbons (Fsp3) is 0.545. The Labute approximate surface area is 99.6 Å². The van der Waals surface area contributed by atoms with Crippen LogP contribution in [0.4, 0.5) is 4.39 Å². The van der Waals surface area contributed by atoms with Crippen molar-refractivity contribution in [2.45, 2.75) is 6.04 Å². The first-order valence-corrected chi connectivity index (χ1v) is 5.81. The van der Waals surface area contributed by atoms with E-state index < -0.39 is 0 Å². The smallest absolute Gasteiger partial charge is 0.129 e. The van der Waals surface area contributed by atoms with Gasteiger partial charge in [-0.25, -0.2) is 9.37 Å². The molecular weight excluding hydrogens is 229 g/mol. The van der Waals surface area contributed by atoms with Crippen molar-refractivity contribution in [2.75, 3.05) is 32.9 Å². The molecule has 88 valence electrons. The van der Waals surface area contributed by atoms with Gasteiger partial charge in [0.05, 0.1) is 6.04 Å². The van der Waals surface area contributed by atoms with Crippen LogP contribution in [0.5, 0.6) is 0 Å². The minimum Gasteiger partial charge on any atom is -0.314 e. The molecule has 1 atom stereocenters. The Kier molecular flexibility index (Phi) is 4.09. The van der Waals surface area contributed by atoms with Crippen LogP contribution >= 0.6 is 11.6 Å². The van der Waals surface area contributed by atoms with Gasteiger partial charge in [-0.3, -0.25) is 4.90 Å². The van der Waals surface area contributed by atoms with Crippen molar-refractivity contribution in [3.8, 4) is 0 Å². The van der Waals surface area contributed by atoms with E-state index in [9.17, 15) is 4.39 Å². The van der Waals surface area contributed by atoms with E-state index in [1.54, 1.807) is 12.3 Å². The first-order valence-electron chi connectivity index (χ1n) is 5.43. The number of alkyl halides is 1. The third-order valence-electron chi connectivity index (χ3n) is 2.87. The molecule has 1 aliphatic rings. The van der Waals surface area contributed by atoms with Gasteiger partial charge in [0.2, 0.25) is 0 Å². The molecule has 0 unspecified atom stereocenters. The van der Waals surface area contributed by atoms with Gasteiger partial charge >= 0.3 is 0 Å². The Morgan fingerprint density at radius 3 is 2.75 bits per heavy atom. The summed E-state index contributed by atoms with van der Waals surface area (Å²) in [5, 5.41) is 3.70. The lowest BCUT2D eigenvalue weighted by atomic mass is 10.1. The van der Waals surface area contributed by atoms with Gasteiger partial charge in [-0.05, 0) is 11.6 Å². The average Bonchev–Trinajstić information content (AvgIpc) is 2.34. The number of piperazine rings is 1. The normalized spacial score (nSPS) is 19.6. The number of aromatic nitrogens is 1. The minimum absolute atomic E-state index is 0.188. The number of hydrogen-bond acceptors (Lipinski definition) is 3. The summed E-state index contributed by atoms with van der Waals surface area (Å²) >= 11 is 5.72. The van der Waals surface area contributed by atoms with Crippen LogP contribution in [0.1, 0.15) is 11.6 Å². The van der Waals surface area contributed by atoms with Crippen LogP contribution in [0.3, 0.4) is 0 Å². The molecule has 0 spiro atoms. The Bertz CT molecular complexity index is 325. The predicted octanol–water partition coefficient (Wildman–Crippen LogP) is 1.65. The van der Waals surface area contributed by atoms with Gasteiger partial charge in [0.25, 0.3) is 0 Å². The number of nitrogens with one attached hydrogen (secondary N) is 1. The molecule has 0 saturated carbocycles. The zero-order valence-electron chi connectivity index (χ0n) is 9.00. The molecule has 1 saturated heterocycles. The van der Waals surface area contributed by atoms with Crippen molar-refractivity contribution in [3.05, 3.63) is 29.0 Å². The molecule has 2 rings (SSSR count). The topological polar surface area (TPSA) is 28.2 Å². The molecule has 0 aromatic carbocycles. The number of pyridine rings is 1. The van der Waals surface area contributed by atoms with Crippen LogP contribution in [0, 0.1) is 0 Å². The van der Waals surface area contributed by atoms with E-state index in [-0.39, 0.29) is 12.7 Å². The van der Waals surface area contributed by atoms with Crippen molar-refractivity contribution in [1.82, 2.24) is 15.2 Å². The van der Waals surface area contributed by atoms with Crippen molar-refractivity contribution < 1.29 is 4.39 Å². The van der Waals surface area contributed by atoms with Gasteiger partial charge in [0.1, 0.15) is 11.8 Å². The maximum atomic E-state index is 13.1. The van der Waals surface area contributed by atoms with Crippen molar-refractivity contribution in [3.63, 3.8) is 0 Å². The molecule has 0 aliphatic carbocycles. The highest BCUT2D eigenvalue weighted by Gasteiger charge is 2.22. The van der Waals surface area contributed by atoms with E-state index in [0.29, 0.717) is 5.15 Å². The van der Waals surface area contributed by atoms with Gasteiger partial charge in [-0.1, -0.05) is 17.7 Å². The molecule has 1 fully saturated rings. The van der Waals surface area contributed by atoms with E-state index in [4.69, 9.17) is 11.6 Å². The van der Waals surface area contributed by atoms with Crippen LogP contribution in [-0.2, 0) is 0 Å². The molecule has 5 heteroatoms. The molecule has 2 heterocycles. The summed E-state index contributed by atoms with van der Waals surface area (Å²) in [4.78, 5) is 6.14. The van der Waals surface area contributed by atoms with Crippen molar-refractivity contribution in [2.24, 2.45) is 0 Å². The van der Waals surface area contributed by atoms with Crippen molar-refractivity contribution in [1.29, 1.82) is 0 Å². The number of hydrogen-bond donors (Lipinski definition) is 1. The van der Waals surface area contributed by atoms with E-state index >= 15 is 0 Å². The van der Waals surface area contributed by atoms with Gasteiger partial charge in [0, 0.05) is 32.4 Å². The zero-order valence-corrected chi connectivity index (χ0v) is 9.75. The maximum absolute atomic E-state index is 13.1. The monoisotopic (exact) mass is 243 g/mol. The number of rotatable bonds is 3. The summed E-state index contributed by atoms with van der Waals surface area (Å²) in [6.45, 7) is 3.19. The molecule has 1 N–H and O–H groups in total. The SMILES string of the molecule is FC[C@@H](c1ccc(Cl)nc1)N1CCNCC1. The molecule has 0 amide bonds. The lowest BCUT2D eigenvalue weighted by molar-refractivity contribution is 0.147. The third-order valence-corrected chi connectivity index (χ3v) is 3.10.